The molecule has 1 heterocycles. The number of nitrogens with zero attached hydrogens (tertiary/aromatic N) is 3. The van der Waals surface area contributed by atoms with Crippen molar-refractivity contribution >= 4 is 5.82 Å². The molecule has 15 heavy (non-hydrogen) atoms. The standard InChI is InChI=1S/C11H20N4/c1-8(2)10-11(12)13-14-15(10)9-6-4-3-5-7-9/h8-9H,3-7,12H2,1-2H3. The van der Waals surface area contributed by atoms with Gasteiger partial charge in [-0.2, -0.15) is 0 Å². The molecule has 0 saturated heterocycles. The van der Waals surface area contributed by atoms with Crippen molar-refractivity contribution in [2.45, 2.75) is 57.9 Å². The van der Waals surface area contributed by atoms with E-state index >= 15 is 0 Å². The summed E-state index contributed by atoms with van der Waals surface area (Å²) < 4.78 is 2.07. The van der Waals surface area contributed by atoms with Gasteiger partial charge in [0.25, 0.3) is 0 Å². The molecule has 0 unspecified atom stereocenters. The highest BCUT2D eigenvalue weighted by atomic mass is 15.5. The van der Waals surface area contributed by atoms with Gasteiger partial charge in [0.05, 0.1) is 11.7 Å². The average Bonchev–Trinajstić information content (AvgIpc) is 2.61. The molecular formula is C11H20N4. The summed E-state index contributed by atoms with van der Waals surface area (Å²) in [5.74, 6) is 1.01. The second-order valence-electron chi connectivity index (χ2n) is 4.75. The van der Waals surface area contributed by atoms with E-state index in [1.807, 2.05) is 0 Å². The van der Waals surface area contributed by atoms with E-state index in [-0.39, 0.29) is 0 Å². The summed E-state index contributed by atoms with van der Waals surface area (Å²) in [4.78, 5) is 0. The highest BCUT2D eigenvalue weighted by Gasteiger charge is 2.22. The Labute approximate surface area is 90.8 Å². The second-order valence-corrected chi connectivity index (χ2v) is 4.75. The van der Waals surface area contributed by atoms with Crippen LogP contribution in [0.25, 0.3) is 0 Å². The van der Waals surface area contributed by atoms with Crippen LogP contribution >= 0.6 is 0 Å². The van der Waals surface area contributed by atoms with E-state index in [2.05, 4.69) is 28.8 Å². The quantitative estimate of drug-likeness (QED) is 0.812. The fourth-order valence-corrected chi connectivity index (χ4v) is 2.47. The maximum atomic E-state index is 5.85. The Hall–Kier alpha value is -1.06. The van der Waals surface area contributed by atoms with Crippen LogP contribution in [0.1, 0.15) is 63.6 Å². The summed E-state index contributed by atoms with van der Waals surface area (Å²) in [5.41, 5.74) is 6.97. The van der Waals surface area contributed by atoms with Crippen LogP contribution in [0.5, 0.6) is 0 Å². The van der Waals surface area contributed by atoms with Gasteiger partial charge in [0, 0.05) is 0 Å². The molecule has 2 N–H and O–H groups in total. The van der Waals surface area contributed by atoms with Gasteiger partial charge in [-0.1, -0.05) is 38.3 Å². The Kier molecular flexibility index (Phi) is 2.93. The molecular weight excluding hydrogens is 188 g/mol. The molecule has 0 aromatic carbocycles. The summed E-state index contributed by atoms with van der Waals surface area (Å²) in [5, 5.41) is 8.21. The van der Waals surface area contributed by atoms with Crippen LogP contribution in [0.2, 0.25) is 0 Å². The third-order valence-electron chi connectivity index (χ3n) is 3.23. The summed E-state index contributed by atoms with van der Waals surface area (Å²) in [6.45, 7) is 4.29. The Morgan fingerprint density at radius 2 is 1.93 bits per heavy atom. The first-order valence-corrected chi connectivity index (χ1v) is 5.90. The van der Waals surface area contributed by atoms with Crippen LogP contribution in [0.15, 0.2) is 0 Å². The molecule has 2 rings (SSSR count). The second kappa shape index (κ2) is 4.21. The van der Waals surface area contributed by atoms with Gasteiger partial charge in [-0.3, -0.25) is 0 Å². The molecule has 84 valence electrons. The lowest BCUT2D eigenvalue weighted by Crippen LogP contribution is -2.17. The topological polar surface area (TPSA) is 56.7 Å². The van der Waals surface area contributed by atoms with E-state index in [4.69, 9.17) is 5.73 Å². The number of nitrogen functional groups attached to an aromatic ring is 1. The molecule has 4 nitrogen and oxygen atoms in total. The summed E-state index contributed by atoms with van der Waals surface area (Å²) in [7, 11) is 0. The van der Waals surface area contributed by atoms with Crippen LogP contribution in [0.4, 0.5) is 5.82 Å². The minimum atomic E-state index is 0.405. The van der Waals surface area contributed by atoms with Gasteiger partial charge in [0.15, 0.2) is 5.82 Å². The van der Waals surface area contributed by atoms with Crippen molar-refractivity contribution in [3.05, 3.63) is 5.69 Å². The van der Waals surface area contributed by atoms with Gasteiger partial charge in [-0.15, -0.1) is 5.10 Å². The monoisotopic (exact) mass is 208 g/mol. The number of aromatic nitrogens is 3. The van der Waals surface area contributed by atoms with Crippen molar-refractivity contribution in [3.8, 4) is 0 Å². The lowest BCUT2D eigenvalue weighted by Gasteiger charge is -2.24. The third-order valence-corrected chi connectivity index (χ3v) is 3.23. The minimum absolute atomic E-state index is 0.405. The van der Waals surface area contributed by atoms with Crippen molar-refractivity contribution in [1.29, 1.82) is 0 Å². The normalized spacial score (nSPS) is 18.6. The number of hydrogen-bond acceptors (Lipinski definition) is 3. The van der Waals surface area contributed by atoms with Gasteiger partial charge in [-0.25, -0.2) is 4.68 Å². The van der Waals surface area contributed by atoms with E-state index in [0.29, 0.717) is 17.8 Å². The number of nitrogens with two attached hydrogens (primary N) is 1. The molecule has 1 aromatic rings. The Bertz CT molecular complexity index is 323. The molecule has 1 aromatic heterocycles. The van der Waals surface area contributed by atoms with Crippen LogP contribution in [-0.4, -0.2) is 15.0 Å². The lowest BCUT2D eigenvalue weighted by molar-refractivity contribution is 0.314. The van der Waals surface area contributed by atoms with Gasteiger partial charge >= 0.3 is 0 Å². The molecule has 0 atom stereocenters. The van der Waals surface area contributed by atoms with Gasteiger partial charge in [0.2, 0.25) is 0 Å². The van der Waals surface area contributed by atoms with Crippen molar-refractivity contribution in [2.75, 3.05) is 5.73 Å². The molecule has 4 heteroatoms. The zero-order valence-corrected chi connectivity index (χ0v) is 9.61. The Morgan fingerprint density at radius 3 is 2.53 bits per heavy atom. The molecule has 0 radical (unpaired) electrons. The van der Waals surface area contributed by atoms with Crippen LogP contribution in [0, 0.1) is 0 Å². The molecule has 1 fully saturated rings. The minimum Gasteiger partial charge on any atom is -0.381 e. The Morgan fingerprint density at radius 1 is 1.27 bits per heavy atom. The first kappa shape index (κ1) is 10.5. The number of rotatable bonds is 2. The summed E-state index contributed by atoms with van der Waals surface area (Å²) in [6.07, 6.45) is 6.42. The largest absolute Gasteiger partial charge is 0.381 e. The van der Waals surface area contributed by atoms with Crippen LogP contribution in [0.3, 0.4) is 0 Å². The molecule has 1 aliphatic rings. The first-order valence-electron chi connectivity index (χ1n) is 5.90. The predicted octanol–water partition coefficient (Wildman–Crippen LogP) is 2.49. The molecule has 1 aliphatic carbocycles. The van der Waals surface area contributed by atoms with E-state index in [1.54, 1.807) is 0 Å². The summed E-state index contributed by atoms with van der Waals surface area (Å²) in [6, 6.07) is 0.529. The highest BCUT2D eigenvalue weighted by Crippen LogP contribution is 2.31. The smallest absolute Gasteiger partial charge is 0.169 e. The third kappa shape index (κ3) is 1.98. The zero-order valence-electron chi connectivity index (χ0n) is 9.61. The first-order chi connectivity index (χ1) is 7.20. The van der Waals surface area contributed by atoms with Crippen molar-refractivity contribution in [2.24, 2.45) is 0 Å². The van der Waals surface area contributed by atoms with E-state index in [9.17, 15) is 0 Å². The van der Waals surface area contributed by atoms with Gasteiger partial charge in [-0.05, 0) is 18.8 Å². The van der Waals surface area contributed by atoms with Crippen LogP contribution < -0.4 is 5.73 Å². The van der Waals surface area contributed by atoms with Crippen molar-refractivity contribution < 1.29 is 0 Å². The van der Waals surface area contributed by atoms with Gasteiger partial charge < -0.3 is 5.73 Å². The van der Waals surface area contributed by atoms with Gasteiger partial charge in [0.1, 0.15) is 0 Å². The lowest BCUT2D eigenvalue weighted by atomic mass is 9.95. The predicted molar refractivity (Wildman–Crippen MR) is 60.6 cm³/mol. The van der Waals surface area contributed by atoms with Crippen molar-refractivity contribution in [1.82, 2.24) is 15.0 Å². The van der Waals surface area contributed by atoms with Crippen molar-refractivity contribution in [3.63, 3.8) is 0 Å². The Balaban J connectivity index is 2.26. The van der Waals surface area contributed by atoms with E-state index in [1.165, 1.54) is 32.1 Å². The van der Waals surface area contributed by atoms with E-state index < -0.39 is 0 Å². The molecule has 0 aliphatic heterocycles. The number of anilines is 1. The number of hydrogen-bond donors (Lipinski definition) is 1. The molecule has 0 bridgehead atoms. The fraction of sp³-hybridized carbons (Fsp3) is 0.818. The highest BCUT2D eigenvalue weighted by molar-refractivity contribution is 5.35. The maximum Gasteiger partial charge on any atom is 0.169 e. The van der Waals surface area contributed by atoms with E-state index in [0.717, 1.165) is 5.69 Å². The maximum absolute atomic E-state index is 5.85. The fourth-order valence-electron chi connectivity index (χ4n) is 2.47. The average molecular weight is 208 g/mol. The zero-order chi connectivity index (χ0) is 10.8. The summed E-state index contributed by atoms with van der Waals surface area (Å²) >= 11 is 0. The molecule has 1 saturated carbocycles. The van der Waals surface area contributed by atoms with Crippen LogP contribution in [-0.2, 0) is 0 Å². The SMILES string of the molecule is CC(C)c1c(N)nnn1C1CCCCC1. The molecule has 0 amide bonds. The molecule has 0 spiro atoms.